The molecule has 2 aromatic carbocycles. The maximum Gasteiger partial charge on any atom is 0.407 e. The fourth-order valence-corrected chi connectivity index (χ4v) is 1.68. The Morgan fingerprint density at radius 3 is 2.35 bits per heavy atom. The molecular weight excluding hydrogens is 294 g/mol. The van der Waals surface area contributed by atoms with E-state index >= 15 is 0 Å². The molecule has 0 aliphatic rings. The number of rotatable bonds is 6. The predicted molar refractivity (Wildman–Crippen MR) is 86.8 cm³/mol. The van der Waals surface area contributed by atoms with E-state index in [1.54, 1.807) is 0 Å². The Morgan fingerprint density at radius 2 is 1.65 bits per heavy atom. The standard InChI is InChI=1S/C17H17N3O3/c21-16(20-19-11-14-7-3-1-4-8-14)12-18-17(22)23-13-15-9-5-2-6-10-15/h1-11H,12-13H2,(H,18,22)(H,20,21)/b19-11+. The van der Waals surface area contributed by atoms with Crippen molar-refractivity contribution in [1.29, 1.82) is 0 Å². The molecule has 0 unspecified atom stereocenters. The van der Waals surface area contributed by atoms with Gasteiger partial charge in [-0.3, -0.25) is 4.79 Å². The third kappa shape index (κ3) is 6.43. The van der Waals surface area contributed by atoms with Crippen molar-refractivity contribution in [2.24, 2.45) is 5.10 Å². The summed E-state index contributed by atoms with van der Waals surface area (Å²) in [4.78, 5) is 23.0. The van der Waals surface area contributed by atoms with Crippen LogP contribution in [0.5, 0.6) is 0 Å². The molecule has 0 aromatic heterocycles. The Hall–Kier alpha value is -3.15. The van der Waals surface area contributed by atoms with Crippen LogP contribution in [0.4, 0.5) is 4.79 Å². The number of carbonyl (C=O) groups excluding carboxylic acids is 2. The molecule has 23 heavy (non-hydrogen) atoms. The van der Waals surface area contributed by atoms with Crippen LogP contribution < -0.4 is 10.7 Å². The number of hydrogen-bond donors (Lipinski definition) is 2. The summed E-state index contributed by atoms with van der Waals surface area (Å²) in [5.74, 6) is -0.436. The zero-order chi connectivity index (χ0) is 16.3. The number of hydrazone groups is 1. The van der Waals surface area contributed by atoms with Crippen LogP contribution in [0.1, 0.15) is 11.1 Å². The van der Waals surface area contributed by atoms with Crippen molar-refractivity contribution >= 4 is 18.2 Å². The van der Waals surface area contributed by atoms with Gasteiger partial charge in [0.25, 0.3) is 5.91 Å². The highest BCUT2D eigenvalue weighted by Gasteiger charge is 2.05. The molecular formula is C17H17N3O3. The van der Waals surface area contributed by atoms with Crippen LogP contribution in [0.2, 0.25) is 0 Å². The highest BCUT2D eigenvalue weighted by atomic mass is 16.5. The van der Waals surface area contributed by atoms with Gasteiger partial charge in [-0.15, -0.1) is 0 Å². The van der Waals surface area contributed by atoms with E-state index in [4.69, 9.17) is 4.74 Å². The number of alkyl carbamates (subject to hydrolysis) is 1. The Kier molecular flexibility index (Phi) is 6.34. The van der Waals surface area contributed by atoms with Gasteiger partial charge in [0.1, 0.15) is 13.2 Å². The molecule has 0 spiro atoms. The van der Waals surface area contributed by atoms with Crippen LogP contribution in [0.25, 0.3) is 0 Å². The summed E-state index contributed by atoms with van der Waals surface area (Å²) in [6.45, 7) is -0.0554. The highest BCUT2D eigenvalue weighted by molar-refractivity contribution is 5.84. The molecule has 0 aliphatic heterocycles. The number of nitrogens with zero attached hydrogens (tertiary/aromatic N) is 1. The van der Waals surface area contributed by atoms with E-state index < -0.39 is 12.0 Å². The lowest BCUT2D eigenvalue weighted by atomic mass is 10.2. The van der Waals surface area contributed by atoms with Crippen molar-refractivity contribution in [3.05, 3.63) is 71.8 Å². The summed E-state index contributed by atoms with van der Waals surface area (Å²) in [7, 11) is 0. The van der Waals surface area contributed by atoms with Crippen molar-refractivity contribution in [2.75, 3.05) is 6.54 Å². The summed E-state index contributed by atoms with van der Waals surface area (Å²) in [5, 5.41) is 6.15. The summed E-state index contributed by atoms with van der Waals surface area (Å²) in [6, 6.07) is 18.6. The van der Waals surface area contributed by atoms with Gasteiger partial charge in [-0.2, -0.15) is 5.10 Å². The molecule has 0 saturated heterocycles. The third-order valence-electron chi connectivity index (χ3n) is 2.81. The van der Waals surface area contributed by atoms with Gasteiger partial charge in [0.2, 0.25) is 0 Å². The van der Waals surface area contributed by atoms with Crippen molar-refractivity contribution in [3.63, 3.8) is 0 Å². The second-order valence-electron chi connectivity index (χ2n) is 4.62. The van der Waals surface area contributed by atoms with Crippen LogP contribution in [0.15, 0.2) is 65.8 Å². The fourth-order valence-electron chi connectivity index (χ4n) is 1.68. The van der Waals surface area contributed by atoms with Crippen LogP contribution in [-0.2, 0) is 16.1 Å². The summed E-state index contributed by atoms with van der Waals surface area (Å²) in [6.07, 6.45) is 0.863. The van der Waals surface area contributed by atoms with E-state index in [-0.39, 0.29) is 13.2 Å². The quantitative estimate of drug-likeness (QED) is 0.633. The average Bonchev–Trinajstić information content (AvgIpc) is 2.60. The monoisotopic (exact) mass is 311 g/mol. The number of hydrogen-bond acceptors (Lipinski definition) is 4. The molecule has 2 amide bonds. The zero-order valence-electron chi connectivity index (χ0n) is 12.4. The second kappa shape index (κ2) is 8.99. The molecule has 2 N–H and O–H groups in total. The first-order chi connectivity index (χ1) is 11.2. The van der Waals surface area contributed by atoms with Crippen LogP contribution in [0, 0.1) is 0 Å². The number of ether oxygens (including phenoxy) is 1. The van der Waals surface area contributed by atoms with Crippen LogP contribution in [0.3, 0.4) is 0 Å². The van der Waals surface area contributed by atoms with Crippen molar-refractivity contribution in [3.8, 4) is 0 Å². The van der Waals surface area contributed by atoms with Gasteiger partial charge in [0.15, 0.2) is 0 Å². The minimum Gasteiger partial charge on any atom is -0.445 e. The molecule has 0 saturated carbocycles. The Morgan fingerprint density at radius 1 is 1.00 bits per heavy atom. The van der Waals surface area contributed by atoms with E-state index in [0.717, 1.165) is 11.1 Å². The molecule has 2 rings (SSSR count). The van der Waals surface area contributed by atoms with E-state index in [1.807, 2.05) is 60.7 Å². The van der Waals surface area contributed by atoms with E-state index in [1.165, 1.54) is 6.21 Å². The van der Waals surface area contributed by atoms with Gasteiger partial charge in [0, 0.05) is 0 Å². The van der Waals surface area contributed by atoms with E-state index in [2.05, 4.69) is 15.8 Å². The number of carbonyl (C=O) groups is 2. The molecule has 6 nitrogen and oxygen atoms in total. The van der Waals surface area contributed by atoms with E-state index in [9.17, 15) is 9.59 Å². The van der Waals surface area contributed by atoms with Crippen molar-refractivity contribution in [2.45, 2.75) is 6.61 Å². The topological polar surface area (TPSA) is 79.8 Å². The molecule has 0 heterocycles. The molecule has 118 valence electrons. The maximum atomic E-state index is 11.5. The first kappa shape index (κ1) is 16.2. The Bertz CT molecular complexity index is 657. The summed E-state index contributed by atoms with van der Waals surface area (Å²) < 4.78 is 4.98. The molecule has 0 aliphatic carbocycles. The number of amides is 2. The van der Waals surface area contributed by atoms with Crippen LogP contribution >= 0.6 is 0 Å². The zero-order valence-corrected chi connectivity index (χ0v) is 12.4. The Balaban J connectivity index is 1.64. The van der Waals surface area contributed by atoms with Gasteiger partial charge in [-0.05, 0) is 11.1 Å². The molecule has 2 aromatic rings. The minimum atomic E-state index is -0.656. The lowest BCUT2D eigenvalue weighted by Crippen LogP contribution is -2.35. The second-order valence-corrected chi connectivity index (χ2v) is 4.62. The molecule has 0 atom stereocenters. The highest BCUT2D eigenvalue weighted by Crippen LogP contribution is 2.00. The lowest BCUT2D eigenvalue weighted by molar-refractivity contribution is -0.120. The van der Waals surface area contributed by atoms with E-state index in [0.29, 0.717) is 0 Å². The largest absolute Gasteiger partial charge is 0.445 e. The number of nitrogens with one attached hydrogen (secondary N) is 2. The predicted octanol–water partition coefficient (Wildman–Crippen LogP) is 2.06. The van der Waals surface area contributed by atoms with Crippen LogP contribution in [-0.4, -0.2) is 24.8 Å². The molecule has 6 heteroatoms. The average molecular weight is 311 g/mol. The third-order valence-corrected chi connectivity index (χ3v) is 2.81. The first-order valence-corrected chi connectivity index (χ1v) is 7.05. The fraction of sp³-hybridized carbons (Fsp3) is 0.118. The van der Waals surface area contributed by atoms with Gasteiger partial charge in [-0.25, -0.2) is 10.2 Å². The number of benzene rings is 2. The van der Waals surface area contributed by atoms with Gasteiger partial charge in [0.05, 0.1) is 6.21 Å². The van der Waals surface area contributed by atoms with Crippen molar-refractivity contribution in [1.82, 2.24) is 10.7 Å². The minimum absolute atomic E-state index is 0.153. The summed E-state index contributed by atoms with van der Waals surface area (Å²) in [5.41, 5.74) is 4.06. The maximum absolute atomic E-state index is 11.5. The van der Waals surface area contributed by atoms with Gasteiger partial charge < -0.3 is 10.1 Å². The lowest BCUT2D eigenvalue weighted by Gasteiger charge is -2.06. The SMILES string of the molecule is O=C(CNC(=O)OCc1ccccc1)N/N=C/c1ccccc1. The molecule has 0 radical (unpaired) electrons. The van der Waals surface area contributed by atoms with Gasteiger partial charge in [-0.1, -0.05) is 60.7 Å². The van der Waals surface area contributed by atoms with Gasteiger partial charge >= 0.3 is 6.09 Å². The normalized spacial score (nSPS) is 10.3. The first-order valence-electron chi connectivity index (χ1n) is 7.05. The van der Waals surface area contributed by atoms with Crippen molar-refractivity contribution < 1.29 is 14.3 Å². The Labute approximate surface area is 134 Å². The molecule has 0 fully saturated rings. The summed E-state index contributed by atoms with van der Waals surface area (Å²) >= 11 is 0. The smallest absolute Gasteiger partial charge is 0.407 e. The molecule has 0 bridgehead atoms.